The quantitative estimate of drug-likeness (QED) is 0.439. The predicted molar refractivity (Wildman–Crippen MR) is 133 cm³/mol. The molecule has 2 aromatic heterocycles. The fourth-order valence-electron chi connectivity index (χ4n) is 4.30. The fourth-order valence-corrected chi connectivity index (χ4v) is 4.30. The number of carboxylic acids is 2. The van der Waals surface area contributed by atoms with E-state index in [1.54, 1.807) is 35.8 Å². The standard InChI is InChI=1S/C23H28N6O4.C2HF3O2/c1-15(2)28-14-20(16(3)25-28)21(30)27-11-5-10-23(27,22(31)32)12-17-13-29(26-24-17)18-6-8-19(33-4)9-7-18;3-2(4,5)1(6)7/h6-9,13-15H,5,10-12H2,1-4H3,(H,31,32);(H,6,7). The topological polar surface area (TPSA) is 153 Å². The zero-order valence-corrected chi connectivity index (χ0v) is 22.2. The number of likely N-dealkylation sites (tertiary alicyclic amines) is 1. The predicted octanol–water partition coefficient (Wildman–Crippen LogP) is 3.30. The summed E-state index contributed by atoms with van der Waals surface area (Å²) in [6, 6.07) is 7.40. The third-order valence-corrected chi connectivity index (χ3v) is 6.40. The Morgan fingerprint density at radius 2 is 1.75 bits per heavy atom. The van der Waals surface area contributed by atoms with E-state index in [-0.39, 0.29) is 18.4 Å². The number of aliphatic carboxylic acids is 2. The highest BCUT2D eigenvalue weighted by atomic mass is 19.4. The summed E-state index contributed by atoms with van der Waals surface area (Å²) in [6.45, 7) is 6.09. The monoisotopic (exact) mass is 566 g/mol. The van der Waals surface area contributed by atoms with E-state index < -0.39 is 23.7 Å². The number of rotatable bonds is 7. The molecule has 1 saturated heterocycles. The third-order valence-electron chi connectivity index (χ3n) is 6.40. The number of alkyl halides is 3. The van der Waals surface area contributed by atoms with Gasteiger partial charge >= 0.3 is 18.1 Å². The van der Waals surface area contributed by atoms with E-state index in [1.165, 1.54) is 4.90 Å². The number of hydrogen-bond donors (Lipinski definition) is 2. The summed E-state index contributed by atoms with van der Waals surface area (Å²) >= 11 is 0. The first kappa shape index (κ1) is 30.1. The van der Waals surface area contributed by atoms with E-state index in [9.17, 15) is 27.9 Å². The molecule has 3 aromatic rings. The summed E-state index contributed by atoms with van der Waals surface area (Å²) in [5.74, 6) is -3.39. The summed E-state index contributed by atoms with van der Waals surface area (Å²) in [5.41, 5.74) is 0.908. The molecule has 0 radical (unpaired) electrons. The molecule has 1 aliphatic rings. The minimum absolute atomic E-state index is 0.0710. The van der Waals surface area contributed by atoms with Crippen molar-refractivity contribution in [2.45, 2.75) is 57.8 Å². The summed E-state index contributed by atoms with van der Waals surface area (Å²) in [7, 11) is 1.60. The van der Waals surface area contributed by atoms with Crippen LogP contribution in [0, 0.1) is 6.92 Å². The lowest BCUT2D eigenvalue weighted by atomic mass is 9.90. The molecule has 12 nitrogen and oxygen atoms in total. The molecule has 0 saturated carbocycles. The van der Waals surface area contributed by atoms with Gasteiger partial charge in [-0.05, 0) is 57.9 Å². The van der Waals surface area contributed by atoms with Crippen molar-refractivity contribution in [3.8, 4) is 11.4 Å². The Hall–Kier alpha value is -4.43. The molecular formula is C25H29F3N6O6. The van der Waals surface area contributed by atoms with Crippen LogP contribution in [0.1, 0.15) is 54.5 Å². The van der Waals surface area contributed by atoms with Crippen molar-refractivity contribution >= 4 is 17.8 Å². The van der Waals surface area contributed by atoms with Crippen LogP contribution in [-0.4, -0.2) is 83.1 Å². The number of nitrogens with zero attached hydrogens (tertiary/aromatic N) is 6. The van der Waals surface area contributed by atoms with Crippen LogP contribution in [0.5, 0.6) is 5.75 Å². The van der Waals surface area contributed by atoms with Gasteiger partial charge in [0.2, 0.25) is 0 Å². The molecule has 0 aliphatic carbocycles. The Morgan fingerprint density at radius 3 is 2.25 bits per heavy atom. The molecule has 1 aromatic carbocycles. The van der Waals surface area contributed by atoms with Crippen LogP contribution in [0.2, 0.25) is 0 Å². The molecule has 3 heterocycles. The Kier molecular flexibility index (Phi) is 8.85. The van der Waals surface area contributed by atoms with E-state index in [0.29, 0.717) is 36.3 Å². The fraction of sp³-hybridized carbons (Fsp3) is 0.440. The normalized spacial score (nSPS) is 16.9. The molecule has 4 rings (SSSR count). The highest BCUT2D eigenvalue weighted by molar-refractivity contribution is 5.99. The minimum Gasteiger partial charge on any atom is -0.497 e. The van der Waals surface area contributed by atoms with Crippen LogP contribution in [0.25, 0.3) is 5.69 Å². The van der Waals surface area contributed by atoms with Gasteiger partial charge in [-0.3, -0.25) is 9.48 Å². The van der Waals surface area contributed by atoms with Gasteiger partial charge in [0.05, 0.1) is 35.9 Å². The number of carboxylic acid groups (broad SMARTS) is 2. The van der Waals surface area contributed by atoms with Crippen LogP contribution in [0.3, 0.4) is 0 Å². The molecule has 1 atom stereocenters. The van der Waals surface area contributed by atoms with Crippen LogP contribution in [0.4, 0.5) is 13.2 Å². The van der Waals surface area contributed by atoms with E-state index in [0.717, 1.165) is 11.4 Å². The number of carbonyl (C=O) groups excluding carboxylic acids is 1. The molecule has 2 N–H and O–H groups in total. The number of amides is 1. The molecule has 1 fully saturated rings. The molecule has 216 valence electrons. The molecule has 1 amide bonds. The lowest BCUT2D eigenvalue weighted by Crippen LogP contribution is -2.54. The van der Waals surface area contributed by atoms with Gasteiger partial charge in [0, 0.05) is 25.2 Å². The number of aromatic nitrogens is 5. The van der Waals surface area contributed by atoms with E-state index in [4.69, 9.17) is 14.6 Å². The second kappa shape index (κ2) is 11.8. The van der Waals surface area contributed by atoms with Crippen molar-refractivity contribution in [2.24, 2.45) is 0 Å². The Bertz CT molecular complexity index is 1370. The maximum Gasteiger partial charge on any atom is 0.490 e. The Morgan fingerprint density at radius 1 is 1.12 bits per heavy atom. The smallest absolute Gasteiger partial charge is 0.490 e. The van der Waals surface area contributed by atoms with E-state index >= 15 is 0 Å². The number of aryl methyl sites for hydroxylation is 1. The van der Waals surface area contributed by atoms with Gasteiger partial charge in [0.1, 0.15) is 11.3 Å². The summed E-state index contributed by atoms with van der Waals surface area (Å²) in [6.07, 6.45) is -0.660. The Labute approximate surface area is 227 Å². The number of halogens is 3. The first-order chi connectivity index (χ1) is 18.7. The van der Waals surface area contributed by atoms with Crippen molar-refractivity contribution in [1.82, 2.24) is 29.7 Å². The van der Waals surface area contributed by atoms with Crippen LogP contribution in [-0.2, 0) is 16.0 Å². The summed E-state index contributed by atoms with van der Waals surface area (Å²) < 4.78 is 40.2. The largest absolute Gasteiger partial charge is 0.497 e. The summed E-state index contributed by atoms with van der Waals surface area (Å²) in [4.78, 5) is 36.4. The van der Waals surface area contributed by atoms with Crippen molar-refractivity contribution in [3.05, 3.63) is 53.6 Å². The van der Waals surface area contributed by atoms with Crippen molar-refractivity contribution in [2.75, 3.05) is 13.7 Å². The van der Waals surface area contributed by atoms with Crippen LogP contribution >= 0.6 is 0 Å². The number of methoxy groups -OCH3 is 1. The van der Waals surface area contributed by atoms with Crippen molar-refractivity contribution in [3.63, 3.8) is 0 Å². The van der Waals surface area contributed by atoms with Crippen molar-refractivity contribution < 1.29 is 42.5 Å². The van der Waals surface area contributed by atoms with E-state index in [1.807, 2.05) is 38.1 Å². The molecule has 1 aliphatic heterocycles. The molecule has 40 heavy (non-hydrogen) atoms. The zero-order chi connectivity index (χ0) is 29.8. The first-order valence-electron chi connectivity index (χ1n) is 12.2. The maximum absolute atomic E-state index is 13.5. The molecular weight excluding hydrogens is 537 g/mol. The maximum atomic E-state index is 13.5. The lowest BCUT2D eigenvalue weighted by Gasteiger charge is -2.34. The van der Waals surface area contributed by atoms with Gasteiger partial charge in [-0.25, -0.2) is 14.3 Å². The number of benzene rings is 1. The van der Waals surface area contributed by atoms with Crippen LogP contribution in [0.15, 0.2) is 36.7 Å². The molecule has 1 unspecified atom stereocenters. The second-order valence-corrected chi connectivity index (χ2v) is 9.43. The highest BCUT2D eigenvalue weighted by Crippen LogP contribution is 2.35. The first-order valence-corrected chi connectivity index (χ1v) is 12.2. The van der Waals surface area contributed by atoms with Gasteiger partial charge in [0.15, 0.2) is 0 Å². The minimum atomic E-state index is -5.08. The van der Waals surface area contributed by atoms with Gasteiger partial charge in [-0.15, -0.1) is 5.10 Å². The van der Waals surface area contributed by atoms with Gasteiger partial charge in [-0.2, -0.15) is 18.3 Å². The number of hydrogen-bond acceptors (Lipinski definition) is 7. The zero-order valence-electron chi connectivity index (χ0n) is 22.2. The lowest BCUT2D eigenvalue weighted by molar-refractivity contribution is -0.192. The number of ether oxygens (including phenoxy) is 1. The Balaban J connectivity index is 0.000000559. The summed E-state index contributed by atoms with van der Waals surface area (Å²) in [5, 5.41) is 30.1. The van der Waals surface area contributed by atoms with Gasteiger partial charge in [0.25, 0.3) is 5.91 Å². The van der Waals surface area contributed by atoms with E-state index in [2.05, 4.69) is 15.4 Å². The van der Waals surface area contributed by atoms with Gasteiger partial charge in [-0.1, -0.05) is 5.21 Å². The van der Waals surface area contributed by atoms with Crippen molar-refractivity contribution in [1.29, 1.82) is 0 Å². The molecule has 0 bridgehead atoms. The average Bonchev–Trinajstić information content (AvgIpc) is 3.63. The number of carbonyl (C=O) groups is 3. The molecule has 15 heteroatoms. The van der Waals surface area contributed by atoms with Crippen LogP contribution < -0.4 is 4.74 Å². The molecule has 0 spiro atoms. The second-order valence-electron chi connectivity index (χ2n) is 9.43. The van der Waals surface area contributed by atoms with Gasteiger partial charge < -0.3 is 19.8 Å². The SMILES string of the molecule is COc1ccc(-n2cc(CC3(C(=O)O)CCCN3C(=O)c3cn(C(C)C)nc3C)nn2)cc1.O=C(O)C(F)(F)F. The average molecular weight is 567 g/mol. The highest BCUT2D eigenvalue weighted by Gasteiger charge is 2.51. The third kappa shape index (κ3) is 6.40.